The largest absolute Gasteiger partial charge is 0.378 e. The number of amides is 3. The number of benzene rings is 2. The van der Waals surface area contributed by atoms with E-state index in [1.165, 1.54) is 4.90 Å². The molecule has 216 valence electrons. The number of ketones is 1. The number of hydrogen-bond donors (Lipinski definition) is 0. The summed E-state index contributed by atoms with van der Waals surface area (Å²) < 4.78 is 0. The summed E-state index contributed by atoms with van der Waals surface area (Å²) in [6.07, 6.45) is 5.77. The summed E-state index contributed by atoms with van der Waals surface area (Å²) in [6, 6.07) is 13.1. The van der Waals surface area contributed by atoms with E-state index < -0.39 is 0 Å². The van der Waals surface area contributed by atoms with Crippen molar-refractivity contribution in [3.63, 3.8) is 0 Å². The van der Waals surface area contributed by atoms with Crippen molar-refractivity contribution in [2.24, 2.45) is 0 Å². The van der Waals surface area contributed by atoms with Crippen LogP contribution < -0.4 is 9.80 Å². The first-order valence-electron chi connectivity index (χ1n) is 14.8. The Hall–Kier alpha value is -3.78. The summed E-state index contributed by atoms with van der Waals surface area (Å²) >= 11 is 0. The summed E-state index contributed by atoms with van der Waals surface area (Å²) in [7, 11) is 3.98. The fourth-order valence-corrected chi connectivity index (χ4v) is 6.04. The van der Waals surface area contributed by atoms with Crippen molar-refractivity contribution in [2.45, 2.75) is 51.9 Å². The number of carbonyl (C=O) groups is 4. The lowest BCUT2D eigenvalue weighted by molar-refractivity contribution is -0.120. The van der Waals surface area contributed by atoms with Crippen molar-refractivity contribution < 1.29 is 19.2 Å². The van der Waals surface area contributed by atoms with Gasteiger partial charge in [-0.2, -0.15) is 0 Å². The minimum absolute atomic E-state index is 0.101. The third-order valence-corrected chi connectivity index (χ3v) is 8.65. The summed E-state index contributed by atoms with van der Waals surface area (Å²) in [4.78, 5) is 58.6. The number of rotatable bonds is 10. The van der Waals surface area contributed by atoms with Crippen molar-refractivity contribution in [1.82, 2.24) is 9.80 Å². The highest BCUT2D eigenvalue weighted by molar-refractivity contribution is 6.32. The van der Waals surface area contributed by atoms with Crippen molar-refractivity contribution in [2.75, 3.05) is 56.6 Å². The summed E-state index contributed by atoms with van der Waals surface area (Å²) in [5.41, 5.74) is 5.16. The highest BCUT2D eigenvalue weighted by Gasteiger charge is 2.37. The normalized spacial score (nSPS) is 17.6. The Balaban J connectivity index is 1.01. The molecule has 2 aliphatic heterocycles. The van der Waals surface area contributed by atoms with E-state index in [2.05, 4.69) is 4.90 Å². The molecule has 0 atom stereocenters. The zero-order valence-electron chi connectivity index (χ0n) is 24.4. The predicted molar refractivity (Wildman–Crippen MR) is 160 cm³/mol. The molecule has 0 unspecified atom stereocenters. The smallest absolute Gasteiger partial charge is 0.261 e. The maximum Gasteiger partial charge on any atom is 0.261 e. The Labute approximate surface area is 242 Å². The molecule has 3 amide bonds. The lowest BCUT2D eigenvalue weighted by atomic mass is 10.0. The Bertz CT molecular complexity index is 1370. The molecule has 2 aromatic rings. The lowest BCUT2D eigenvalue weighted by Gasteiger charge is -2.34. The molecule has 0 N–H and O–H groups in total. The molecule has 2 aromatic carbocycles. The maximum atomic E-state index is 13.2. The molecule has 0 spiro atoms. The van der Waals surface area contributed by atoms with Gasteiger partial charge >= 0.3 is 0 Å². The summed E-state index contributed by atoms with van der Waals surface area (Å²) in [5.74, 6) is -0.250. The Morgan fingerprint density at radius 2 is 1.54 bits per heavy atom. The number of unbranched alkanes of at least 4 members (excludes halogenated alkanes) is 3. The van der Waals surface area contributed by atoms with Crippen LogP contribution in [0.5, 0.6) is 0 Å². The maximum absolute atomic E-state index is 13.2. The van der Waals surface area contributed by atoms with Gasteiger partial charge in [0.05, 0.1) is 5.69 Å². The van der Waals surface area contributed by atoms with E-state index in [0.29, 0.717) is 41.7 Å². The van der Waals surface area contributed by atoms with Crippen LogP contribution in [0.1, 0.15) is 71.7 Å². The predicted octanol–water partition coefficient (Wildman–Crippen LogP) is 4.48. The molecule has 0 saturated carbocycles. The summed E-state index contributed by atoms with van der Waals surface area (Å²) in [6.45, 7) is 6.01. The number of piperazine rings is 1. The molecule has 3 aliphatic rings. The van der Waals surface area contributed by atoms with Gasteiger partial charge in [-0.3, -0.25) is 24.1 Å². The zero-order valence-corrected chi connectivity index (χ0v) is 24.4. The third kappa shape index (κ3) is 6.12. The fraction of sp³-hybridized carbons (Fsp3) is 0.455. The number of nitrogens with zero attached hydrogens (tertiary/aromatic N) is 4. The minimum atomic E-state index is -0.252. The number of imide groups is 1. The van der Waals surface area contributed by atoms with E-state index in [-0.39, 0.29) is 23.5 Å². The average molecular weight is 557 g/mol. The van der Waals surface area contributed by atoms with Crippen LogP contribution >= 0.6 is 0 Å². The number of hydrogen-bond acceptors (Lipinski definition) is 6. The third-order valence-electron chi connectivity index (χ3n) is 8.65. The molecule has 41 heavy (non-hydrogen) atoms. The molecule has 1 fully saturated rings. The highest BCUT2D eigenvalue weighted by Crippen LogP contribution is 2.33. The molecule has 2 heterocycles. The molecule has 0 aromatic heterocycles. The van der Waals surface area contributed by atoms with E-state index in [0.717, 1.165) is 75.2 Å². The van der Waals surface area contributed by atoms with Gasteiger partial charge < -0.3 is 9.80 Å². The quantitative estimate of drug-likeness (QED) is 0.317. The standard InChI is InChI=1S/C33H40N4O4/c1-23-28(33(41)37(31(23)39)27-14-15-29-25(22-27)11-16-30(29)38)8-6-4-5-7-17-35-18-20-36(21-19-35)32(40)24-9-12-26(13-10-24)34(2)3/h9-10,12-15,22H,4-8,11,16-21H2,1-3H3. The fourth-order valence-electron chi connectivity index (χ4n) is 6.04. The van der Waals surface area contributed by atoms with E-state index in [1.807, 2.05) is 54.2 Å². The van der Waals surface area contributed by atoms with Crippen molar-refractivity contribution in [1.29, 1.82) is 0 Å². The van der Waals surface area contributed by atoms with Crippen LogP contribution in [0.2, 0.25) is 0 Å². The van der Waals surface area contributed by atoms with E-state index in [1.54, 1.807) is 19.1 Å². The zero-order chi connectivity index (χ0) is 29.1. The SMILES string of the molecule is CC1=C(CCCCCCN2CCN(C(=O)c3ccc(N(C)C)cc3)CC2)C(=O)N(c2ccc3c(c2)CCC3=O)C1=O. The number of aryl methyl sites for hydroxylation is 1. The molecule has 1 saturated heterocycles. The first-order valence-corrected chi connectivity index (χ1v) is 14.8. The summed E-state index contributed by atoms with van der Waals surface area (Å²) in [5, 5.41) is 0. The van der Waals surface area contributed by atoms with Gasteiger partial charge in [0.2, 0.25) is 0 Å². The molecule has 8 heteroatoms. The molecule has 8 nitrogen and oxygen atoms in total. The second-order valence-electron chi connectivity index (χ2n) is 11.6. The van der Waals surface area contributed by atoms with Gasteiger partial charge in [0.1, 0.15) is 0 Å². The molecule has 1 aliphatic carbocycles. The van der Waals surface area contributed by atoms with Gasteiger partial charge in [0.25, 0.3) is 17.7 Å². The van der Waals surface area contributed by atoms with Crippen molar-refractivity contribution in [3.8, 4) is 0 Å². The molecule has 0 radical (unpaired) electrons. The molecule has 0 bridgehead atoms. The average Bonchev–Trinajstić information content (AvgIpc) is 3.45. The molecular formula is C33H40N4O4. The van der Waals surface area contributed by atoms with E-state index >= 15 is 0 Å². The number of fused-ring (bicyclic) bond motifs is 1. The second kappa shape index (κ2) is 12.4. The number of carbonyl (C=O) groups excluding carboxylic acids is 4. The molecular weight excluding hydrogens is 516 g/mol. The van der Waals surface area contributed by atoms with Crippen molar-refractivity contribution in [3.05, 3.63) is 70.3 Å². The Kier molecular flexibility index (Phi) is 8.68. The van der Waals surface area contributed by atoms with Crippen LogP contribution in [0.4, 0.5) is 11.4 Å². The van der Waals surface area contributed by atoms with Gasteiger partial charge in [-0.25, -0.2) is 4.90 Å². The first kappa shape index (κ1) is 28.7. The number of Topliss-reactive ketones (excluding diaryl/α,β-unsaturated/α-hetero) is 1. The van der Waals surface area contributed by atoms with Crippen LogP contribution in [-0.4, -0.2) is 80.1 Å². The minimum Gasteiger partial charge on any atom is -0.378 e. The van der Waals surface area contributed by atoms with E-state index in [9.17, 15) is 19.2 Å². The van der Waals surface area contributed by atoms with Gasteiger partial charge in [-0.05, 0) is 87.2 Å². The Morgan fingerprint density at radius 3 is 2.24 bits per heavy atom. The van der Waals surface area contributed by atoms with Crippen LogP contribution in [-0.2, 0) is 16.0 Å². The van der Waals surface area contributed by atoms with Crippen LogP contribution in [0, 0.1) is 0 Å². The van der Waals surface area contributed by atoms with Crippen molar-refractivity contribution >= 4 is 34.9 Å². The van der Waals surface area contributed by atoms with Gasteiger partial charge in [0, 0.05) is 74.7 Å². The van der Waals surface area contributed by atoms with Gasteiger partial charge in [0.15, 0.2) is 5.78 Å². The van der Waals surface area contributed by atoms with Crippen LogP contribution in [0.25, 0.3) is 0 Å². The number of anilines is 2. The van der Waals surface area contributed by atoms with Gasteiger partial charge in [-0.1, -0.05) is 12.8 Å². The van der Waals surface area contributed by atoms with E-state index in [4.69, 9.17) is 0 Å². The first-order chi connectivity index (χ1) is 19.7. The van der Waals surface area contributed by atoms with Gasteiger partial charge in [-0.15, -0.1) is 0 Å². The van der Waals surface area contributed by atoms with Crippen LogP contribution in [0.3, 0.4) is 0 Å². The highest BCUT2D eigenvalue weighted by atomic mass is 16.2. The Morgan fingerprint density at radius 1 is 0.829 bits per heavy atom. The molecule has 5 rings (SSSR count). The monoisotopic (exact) mass is 556 g/mol. The lowest BCUT2D eigenvalue weighted by Crippen LogP contribution is -2.48. The topological polar surface area (TPSA) is 81.2 Å². The van der Waals surface area contributed by atoms with Crippen LogP contribution in [0.15, 0.2) is 53.6 Å². The second-order valence-corrected chi connectivity index (χ2v) is 11.6.